The molecule has 0 aromatic heterocycles. The third kappa shape index (κ3) is 3.09. The molecular formula is C24H10N8. The second-order valence-electron chi connectivity index (χ2n) is 7.31. The Morgan fingerprint density at radius 1 is 0.531 bits per heavy atom. The van der Waals surface area contributed by atoms with Crippen molar-refractivity contribution in [3.63, 3.8) is 0 Å². The van der Waals surface area contributed by atoms with Crippen molar-refractivity contribution in [1.82, 2.24) is 0 Å². The van der Waals surface area contributed by atoms with E-state index in [1.807, 2.05) is 48.6 Å². The maximum Gasteiger partial charge on any atom is 0.140 e. The molecule has 0 radical (unpaired) electrons. The monoisotopic (exact) mass is 410 g/mol. The molecule has 2 aliphatic rings. The average molecular weight is 410 g/mol. The molecule has 0 saturated heterocycles. The van der Waals surface area contributed by atoms with E-state index in [0.29, 0.717) is 11.1 Å². The van der Waals surface area contributed by atoms with Crippen molar-refractivity contribution in [2.24, 2.45) is 23.7 Å². The molecule has 4 unspecified atom stereocenters. The quantitative estimate of drug-likeness (QED) is 0.709. The number of hydrogen-bond donors (Lipinski definition) is 0. The lowest BCUT2D eigenvalue weighted by Gasteiger charge is -2.44. The Morgan fingerprint density at radius 3 is 1.12 bits per heavy atom. The lowest BCUT2D eigenvalue weighted by molar-refractivity contribution is 0.274. The number of benzene rings is 1. The smallest absolute Gasteiger partial charge is 0.140 e. The van der Waals surface area contributed by atoms with E-state index in [-0.39, 0.29) is 22.3 Å². The van der Waals surface area contributed by atoms with Gasteiger partial charge in [-0.25, -0.2) is 0 Å². The first-order chi connectivity index (χ1) is 15.5. The van der Waals surface area contributed by atoms with Gasteiger partial charge >= 0.3 is 0 Å². The molecule has 2 aliphatic carbocycles. The molecule has 0 fully saturated rings. The molecule has 0 amide bonds. The van der Waals surface area contributed by atoms with E-state index in [0.717, 1.165) is 0 Å². The first-order valence-corrected chi connectivity index (χ1v) is 9.34. The summed E-state index contributed by atoms with van der Waals surface area (Å²) in [4.78, 5) is 0. The van der Waals surface area contributed by atoms with Crippen LogP contribution in [0.5, 0.6) is 0 Å². The Kier molecular flexibility index (Phi) is 5.70. The van der Waals surface area contributed by atoms with Gasteiger partial charge in [0.15, 0.2) is 0 Å². The second kappa shape index (κ2) is 8.55. The van der Waals surface area contributed by atoms with E-state index in [1.165, 1.54) is 24.3 Å². The van der Waals surface area contributed by atoms with E-state index >= 15 is 0 Å². The van der Waals surface area contributed by atoms with Gasteiger partial charge in [0.2, 0.25) is 0 Å². The molecule has 1 aromatic rings. The highest BCUT2D eigenvalue weighted by Gasteiger charge is 2.49. The highest BCUT2D eigenvalue weighted by Crippen LogP contribution is 2.55. The molecule has 8 nitrogen and oxygen atoms in total. The SMILES string of the molecule is N#CC1=CC2C(C=C1C#N)C(C(C#N)C#N)c1cc(C#N)c(C#N)cc1C2C(C#N)C#N. The van der Waals surface area contributed by atoms with Gasteiger partial charge in [-0.05, 0) is 35.1 Å². The number of fused-ring (bicyclic) bond motifs is 2. The van der Waals surface area contributed by atoms with Crippen LogP contribution in [0.15, 0.2) is 35.4 Å². The molecule has 3 rings (SSSR count). The lowest BCUT2D eigenvalue weighted by Crippen LogP contribution is -2.38. The third-order valence-corrected chi connectivity index (χ3v) is 5.98. The lowest BCUT2D eigenvalue weighted by atomic mass is 9.56. The Bertz CT molecular complexity index is 1270. The standard InChI is InChI=1S/C24H10N8/c25-5-13-1-19-20(2-14(13)6-26)24(18(11-31)12-32)22-4-16(8-28)15(7-27)3-21(22)23(19)17(9-29)10-30/h1-4,17-20,23-24H. The van der Waals surface area contributed by atoms with Crippen molar-refractivity contribution in [2.75, 3.05) is 0 Å². The van der Waals surface area contributed by atoms with Crippen LogP contribution in [0.25, 0.3) is 0 Å². The topological polar surface area (TPSA) is 190 Å². The van der Waals surface area contributed by atoms with Crippen LogP contribution in [0.4, 0.5) is 0 Å². The number of allylic oxidation sites excluding steroid dienone is 4. The Balaban J connectivity index is 2.47. The Morgan fingerprint density at radius 2 is 0.875 bits per heavy atom. The van der Waals surface area contributed by atoms with E-state index in [1.54, 1.807) is 0 Å². The molecule has 8 heteroatoms. The third-order valence-electron chi connectivity index (χ3n) is 5.98. The van der Waals surface area contributed by atoms with Crippen molar-refractivity contribution in [2.45, 2.75) is 11.8 Å². The van der Waals surface area contributed by atoms with E-state index < -0.39 is 35.5 Å². The van der Waals surface area contributed by atoms with Gasteiger partial charge in [0.25, 0.3) is 0 Å². The van der Waals surface area contributed by atoms with Crippen LogP contribution < -0.4 is 0 Å². The van der Waals surface area contributed by atoms with Crippen LogP contribution in [0.1, 0.15) is 34.1 Å². The molecule has 32 heavy (non-hydrogen) atoms. The van der Waals surface area contributed by atoms with Crippen LogP contribution >= 0.6 is 0 Å². The summed E-state index contributed by atoms with van der Waals surface area (Å²) < 4.78 is 0. The molecule has 0 aliphatic heterocycles. The summed E-state index contributed by atoms with van der Waals surface area (Å²) in [5, 5.41) is 76.7. The molecule has 4 atom stereocenters. The summed E-state index contributed by atoms with van der Waals surface area (Å²) >= 11 is 0. The first kappa shape index (κ1) is 21.3. The number of nitriles is 8. The number of hydrogen-bond acceptors (Lipinski definition) is 8. The van der Waals surface area contributed by atoms with E-state index in [2.05, 4.69) is 0 Å². The van der Waals surface area contributed by atoms with Crippen LogP contribution in [0.2, 0.25) is 0 Å². The van der Waals surface area contributed by atoms with Crippen molar-refractivity contribution in [3.8, 4) is 48.6 Å². The second-order valence-corrected chi connectivity index (χ2v) is 7.31. The molecule has 0 N–H and O–H groups in total. The summed E-state index contributed by atoms with van der Waals surface area (Å²) in [5.41, 5.74) is 1.07. The fourth-order valence-corrected chi connectivity index (χ4v) is 4.66. The Hall–Kier alpha value is -5.38. The minimum Gasteiger partial charge on any atom is -0.197 e. The van der Waals surface area contributed by atoms with Crippen molar-refractivity contribution in [3.05, 3.63) is 57.7 Å². The molecule has 0 bridgehead atoms. The summed E-state index contributed by atoms with van der Waals surface area (Å²) in [6.07, 6.45) is 3.03. The largest absolute Gasteiger partial charge is 0.197 e. The molecule has 0 saturated carbocycles. The van der Waals surface area contributed by atoms with Gasteiger partial charge in [-0.2, -0.15) is 42.1 Å². The van der Waals surface area contributed by atoms with Gasteiger partial charge in [-0.1, -0.05) is 12.2 Å². The first-order valence-electron chi connectivity index (χ1n) is 9.34. The zero-order valence-electron chi connectivity index (χ0n) is 16.4. The molecule has 146 valence electrons. The van der Waals surface area contributed by atoms with Crippen LogP contribution in [0.3, 0.4) is 0 Å². The van der Waals surface area contributed by atoms with Gasteiger partial charge in [-0.15, -0.1) is 0 Å². The van der Waals surface area contributed by atoms with Crippen LogP contribution in [-0.2, 0) is 0 Å². The van der Waals surface area contributed by atoms with Crippen molar-refractivity contribution < 1.29 is 0 Å². The Labute approximate surface area is 184 Å². The van der Waals surface area contributed by atoms with E-state index in [4.69, 9.17) is 0 Å². The molecule has 0 heterocycles. The van der Waals surface area contributed by atoms with Crippen molar-refractivity contribution >= 4 is 0 Å². The van der Waals surface area contributed by atoms with Gasteiger partial charge in [0, 0.05) is 11.8 Å². The number of rotatable bonds is 2. The molecule has 0 spiro atoms. The van der Waals surface area contributed by atoms with Gasteiger partial charge < -0.3 is 0 Å². The summed E-state index contributed by atoms with van der Waals surface area (Å²) in [7, 11) is 0. The summed E-state index contributed by atoms with van der Waals surface area (Å²) in [5.74, 6) is -5.22. The minimum absolute atomic E-state index is 0.0436. The number of nitrogens with zero attached hydrogens (tertiary/aromatic N) is 8. The van der Waals surface area contributed by atoms with Gasteiger partial charge in [-0.3, -0.25) is 0 Å². The van der Waals surface area contributed by atoms with Crippen LogP contribution in [0, 0.1) is 114 Å². The molecular weight excluding hydrogens is 400 g/mol. The predicted octanol–water partition coefficient (Wildman–Crippen LogP) is 3.08. The highest BCUT2D eigenvalue weighted by molar-refractivity contribution is 5.59. The summed E-state index contributed by atoms with van der Waals surface area (Å²) in [6.45, 7) is 0. The average Bonchev–Trinajstić information content (AvgIpc) is 2.84. The summed E-state index contributed by atoms with van der Waals surface area (Å²) in [6, 6.07) is 18.4. The van der Waals surface area contributed by atoms with E-state index in [9.17, 15) is 42.1 Å². The highest BCUT2D eigenvalue weighted by atomic mass is 14.5. The fraction of sp³-hybridized carbons (Fsp3) is 0.250. The van der Waals surface area contributed by atoms with Crippen LogP contribution in [-0.4, -0.2) is 0 Å². The van der Waals surface area contributed by atoms with Gasteiger partial charge in [0.05, 0.1) is 46.5 Å². The zero-order valence-corrected chi connectivity index (χ0v) is 16.4. The zero-order chi connectivity index (χ0) is 23.4. The fourth-order valence-electron chi connectivity index (χ4n) is 4.66. The van der Waals surface area contributed by atoms with Gasteiger partial charge in [0.1, 0.15) is 36.1 Å². The maximum atomic E-state index is 9.66. The maximum absolute atomic E-state index is 9.66. The minimum atomic E-state index is -1.17. The normalized spacial score (nSPS) is 22.4. The van der Waals surface area contributed by atoms with Crippen molar-refractivity contribution in [1.29, 1.82) is 42.1 Å². The predicted molar refractivity (Wildman–Crippen MR) is 105 cm³/mol. The molecule has 1 aromatic carbocycles.